The van der Waals surface area contributed by atoms with Gasteiger partial charge >= 0.3 is 0 Å². The first-order valence-electron chi connectivity index (χ1n) is 7.06. The van der Waals surface area contributed by atoms with Gasteiger partial charge in [0.05, 0.1) is 5.60 Å². The van der Waals surface area contributed by atoms with E-state index in [4.69, 9.17) is 0 Å². The fraction of sp³-hybridized carbons (Fsp3) is 1.00. The molecule has 1 aliphatic carbocycles. The molecule has 2 aliphatic rings. The highest BCUT2D eigenvalue weighted by molar-refractivity contribution is 9.09. The zero-order chi connectivity index (χ0) is 12.4. The van der Waals surface area contributed by atoms with Crippen LogP contribution in [-0.2, 0) is 0 Å². The fourth-order valence-electron chi connectivity index (χ4n) is 3.41. The summed E-state index contributed by atoms with van der Waals surface area (Å²) in [6, 6.07) is 0. The number of likely N-dealkylation sites (tertiary alicyclic amines) is 1. The second-order valence-electron chi connectivity index (χ2n) is 6.47. The number of hydrogen-bond donors (Lipinski definition) is 1. The van der Waals surface area contributed by atoms with Gasteiger partial charge in [0.2, 0.25) is 0 Å². The quantitative estimate of drug-likeness (QED) is 0.810. The van der Waals surface area contributed by atoms with Crippen molar-refractivity contribution in [1.82, 2.24) is 4.90 Å². The Kier molecular flexibility index (Phi) is 4.54. The maximum atomic E-state index is 10.1. The van der Waals surface area contributed by atoms with Crippen molar-refractivity contribution in [3.63, 3.8) is 0 Å². The number of hydrogen-bond acceptors (Lipinski definition) is 2. The van der Waals surface area contributed by atoms with Gasteiger partial charge in [-0.1, -0.05) is 28.8 Å². The van der Waals surface area contributed by atoms with Crippen LogP contribution in [0.5, 0.6) is 0 Å². The molecule has 100 valence electrons. The lowest BCUT2D eigenvalue weighted by molar-refractivity contribution is 0.0432. The Morgan fingerprint density at radius 3 is 2.41 bits per heavy atom. The zero-order valence-corrected chi connectivity index (χ0v) is 12.6. The molecular formula is C14H26BrNO. The minimum atomic E-state index is -0.425. The first kappa shape index (κ1) is 13.8. The third kappa shape index (κ3) is 3.68. The van der Waals surface area contributed by atoms with E-state index in [2.05, 4.69) is 20.8 Å². The van der Waals surface area contributed by atoms with E-state index in [1.165, 1.54) is 38.8 Å². The second kappa shape index (κ2) is 5.58. The SMILES string of the molecule is CC1(O)CCCN(CC2(CBr)CCCC2)CC1. The number of rotatable bonds is 3. The Bertz CT molecular complexity index is 249. The summed E-state index contributed by atoms with van der Waals surface area (Å²) >= 11 is 3.73. The highest BCUT2D eigenvalue weighted by atomic mass is 79.9. The average molecular weight is 304 g/mol. The van der Waals surface area contributed by atoms with Crippen molar-refractivity contribution >= 4 is 15.9 Å². The molecule has 1 unspecified atom stereocenters. The third-order valence-electron chi connectivity index (χ3n) is 4.66. The normalized spacial score (nSPS) is 34.8. The number of alkyl halides is 1. The van der Waals surface area contributed by atoms with Crippen LogP contribution >= 0.6 is 15.9 Å². The zero-order valence-electron chi connectivity index (χ0n) is 11.1. The predicted molar refractivity (Wildman–Crippen MR) is 75.6 cm³/mol. The molecule has 0 bridgehead atoms. The van der Waals surface area contributed by atoms with Crippen molar-refractivity contribution < 1.29 is 5.11 Å². The molecule has 1 N–H and O–H groups in total. The largest absolute Gasteiger partial charge is 0.390 e. The highest BCUT2D eigenvalue weighted by Gasteiger charge is 2.35. The molecule has 2 fully saturated rings. The Morgan fingerprint density at radius 2 is 1.76 bits per heavy atom. The van der Waals surface area contributed by atoms with Crippen molar-refractivity contribution in [3.8, 4) is 0 Å². The van der Waals surface area contributed by atoms with Crippen LogP contribution in [0, 0.1) is 5.41 Å². The Balaban J connectivity index is 1.90. The second-order valence-corrected chi connectivity index (χ2v) is 7.03. The van der Waals surface area contributed by atoms with E-state index in [0.717, 1.165) is 31.1 Å². The van der Waals surface area contributed by atoms with E-state index < -0.39 is 5.60 Å². The van der Waals surface area contributed by atoms with Crippen LogP contribution in [0.4, 0.5) is 0 Å². The van der Waals surface area contributed by atoms with E-state index in [9.17, 15) is 5.11 Å². The first-order chi connectivity index (χ1) is 8.05. The third-order valence-corrected chi connectivity index (χ3v) is 5.85. The molecule has 0 aromatic carbocycles. The van der Waals surface area contributed by atoms with Crippen molar-refractivity contribution in [3.05, 3.63) is 0 Å². The van der Waals surface area contributed by atoms with Crippen LogP contribution in [-0.4, -0.2) is 40.6 Å². The van der Waals surface area contributed by atoms with Gasteiger partial charge in [-0.25, -0.2) is 0 Å². The smallest absolute Gasteiger partial charge is 0.0632 e. The summed E-state index contributed by atoms with van der Waals surface area (Å²) in [5.41, 5.74) is 0.0994. The molecule has 3 heteroatoms. The van der Waals surface area contributed by atoms with Gasteiger partial charge in [-0.05, 0) is 51.0 Å². The van der Waals surface area contributed by atoms with Gasteiger partial charge in [-0.15, -0.1) is 0 Å². The van der Waals surface area contributed by atoms with Crippen molar-refractivity contribution in [2.75, 3.05) is 25.0 Å². The number of nitrogens with zero attached hydrogens (tertiary/aromatic N) is 1. The van der Waals surface area contributed by atoms with Gasteiger partial charge in [-0.2, -0.15) is 0 Å². The van der Waals surface area contributed by atoms with Crippen molar-refractivity contribution in [1.29, 1.82) is 0 Å². The van der Waals surface area contributed by atoms with E-state index in [1.807, 2.05) is 6.92 Å². The van der Waals surface area contributed by atoms with E-state index >= 15 is 0 Å². The monoisotopic (exact) mass is 303 g/mol. The molecular weight excluding hydrogens is 278 g/mol. The molecule has 2 rings (SSSR count). The Labute approximate surface area is 114 Å². The number of aliphatic hydroxyl groups is 1. The lowest BCUT2D eigenvalue weighted by atomic mass is 9.88. The Morgan fingerprint density at radius 1 is 1.06 bits per heavy atom. The topological polar surface area (TPSA) is 23.5 Å². The molecule has 0 radical (unpaired) electrons. The van der Waals surface area contributed by atoms with Gasteiger partial charge in [0.15, 0.2) is 0 Å². The first-order valence-corrected chi connectivity index (χ1v) is 8.18. The molecule has 0 aromatic rings. The number of halogens is 1. The lowest BCUT2D eigenvalue weighted by Gasteiger charge is -2.33. The maximum Gasteiger partial charge on any atom is 0.0632 e. The van der Waals surface area contributed by atoms with Crippen LogP contribution in [0.2, 0.25) is 0 Å². The van der Waals surface area contributed by atoms with Crippen molar-refractivity contribution in [2.45, 2.75) is 57.5 Å². The maximum absolute atomic E-state index is 10.1. The summed E-state index contributed by atoms with van der Waals surface area (Å²) in [5, 5.41) is 11.3. The van der Waals surface area contributed by atoms with Crippen LogP contribution in [0.15, 0.2) is 0 Å². The minimum Gasteiger partial charge on any atom is -0.390 e. The molecule has 1 saturated carbocycles. The summed E-state index contributed by atoms with van der Waals surface area (Å²) in [6.45, 7) is 5.47. The van der Waals surface area contributed by atoms with Gasteiger partial charge in [0, 0.05) is 18.4 Å². The summed E-state index contributed by atoms with van der Waals surface area (Å²) in [7, 11) is 0. The van der Waals surface area contributed by atoms with Gasteiger partial charge < -0.3 is 10.0 Å². The van der Waals surface area contributed by atoms with E-state index in [0.29, 0.717) is 5.41 Å². The van der Waals surface area contributed by atoms with Crippen LogP contribution < -0.4 is 0 Å². The average Bonchev–Trinajstić information content (AvgIpc) is 2.68. The van der Waals surface area contributed by atoms with Gasteiger partial charge in [0.25, 0.3) is 0 Å². The molecule has 0 aromatic heterocycles. The summed E-state index contributed by atoms with van der Waals surface area (Å²) < 4.78 is 0. The van der Waals surface area contributed by atoms with Gasteiger partial charge in [0.1, 0.15) is 0 Å². The van der Waals surface area contributed by atoms with Gasteiger partial charge in [-0.3, -0.25) is 0 Å². The molecule has 0 amide bonds. The highest BCUT2D eigenvalue weighted by Crippen LogP contribution is 2.40. The molecule has 0 spiro atoms. The summed E-state index contributed by atoms with van der Waals surface area (Å²) in [6.07, 6.45) is 8.60. The van der Waals surface area contributed by atoms with E-state index in [1.54, 1.807) is 0 Å². The molecule has 2 nitrogen and oxygen atoms in total. The minimum absolute atomic E-state index is 0.425. The van der Waals surface area contributed by atoms with Crippen LogP contribution in [0.25, 0.3) is 0 Å². The Hall–Kier alpha value is 0.400. The molecule has 17 heavy (non-hydrogen) atoms. The lowest BCUT2D eigenvalue weighted by Crippen LogP contribution is -2.38. The fourth-order valence-corrected chi connectivity index (χ4v) is 4.15. The van der Waals surface area contributed by atoms with Crippen molar-refractivity contribution in [2.24, 2.45) is 5.41 Å². The van der Waals surface area contributed by atoms with Crippen LogP contribution in [0.3, 0.4) is 0 Å². The molecule has 1 heterocycles. The molecule has 1 atom stereocenters. The summed E-state index contributed by atoms with van der Waals surface area (Å²) in [5.74, 6) is 0. The predicted octanol–water partition coefficient (Wildman–Crippen LogP) is 3.18. The standard InChI is InChI=1S/C14H26BrNO/c1-13(17)5-4-9-16(10-8-13)12-14(11-15)6-2-3-7-14/h17H,2-12H2,1H3. The summed E-state index contributed by atoms with van der Waals surface area (Å²) in [4.78, 5) is 2.59. The molecule has 1 aliphatic heterocycles. The van der Waals surface area contributed by atoms with Crippen LogP contribution in [0.1, 0.15) is 51.9 Å². The van der Waals surface area contributed by atoms with E-state index in [-0.39, 0.29) is 0 Å². The molecule has 1 saturated heterocycles.